The molecule has 0 aliphatic rings. The first-order valence-corrected chi connectivity index (χ1v) is 6.34. The Morgan fingerprint density at radius 1 is 1.38 bits per heavy atom. The van der Waals surface area contributed by atoms with Crippen LogP contribution in [0.25, 0.3) is 0 Å². The first kappa shape index (κ1) is 13.8. The lowest BCUT2D eigenvalue weighted by atomic mass is 9.93. The summed E-state index contributed by atoms with van der Waals surface area (Å²) in [6, 6.07) is 5.33. The number of hydrogen-bond donors (Lipinski definition) is 0. The lowest BCUT2D eigenvalue weighted by Crippen LogP contribution is -2.14. The van der Waals surface area contributed by atoms with Gasteiger partial charge in [-0.25, -0.2) is 0 Å². The van der Waals surface area contributed by atoms with Crippen LogP contribution in [0.3, 0.4) is 0 Å². The van der Waals surface area contributed by atoms with E-state index >= 15 is 0 Å². The fourth-order valence-corrected chi connectivity index (χ4v) is 2.28. The summed E-state index contributed by atoms with van der Waals surface area (Å²) in [5.41, 5.74) is 0.941. The van der Waals surface area contributed by atoms with Gasteiger partial charge in [0, 0.05) is 21.8 Å². The number of halogens is 3. The summed E-state index contributed by atoms with van der Waals surface area (Å²) in [7, 11) is 0. The van der Waals surface area contributed by atoms with E-state index in [2.05, 4.69) is 0 Å². The summed E-state index contributed by atoms with van der Waals surface area (Å²) >= 11 is 17.5. The summed E-state index contributed by atoms with van der Waals surface area (Å²) in [5, 5.41) is 1.21. The molecule has 0 saturated carbocycles. The third-order valence-electron chi connectivity index (χ3n) is 2.51. The zero-order valence-corrected chi connectivity index (χ0v) is 11.2. The molecule has 0 saturated heterocycles. The third-order valence-corrected chi connectivity index (χ3v) is 3.32. The lowest BCUT2D eigenvalue weighted by molar-refractivity contribution is -0.120. The van der Waals surface area contributed by atoms with E-state index in [0.717, 1.165) is 5.56 Å². The van der Waals surface area contributed by atoms with Crippen LogP contribution in [0.15, 0.2) is 18.2 Å². The van der Waals surface area contributed by atoms with Gasteiger partial charge in [-0.1, -0.05) is 29.3 Å². The highest BCUT2D eigenvalue weighted by atomic mass is 35.5. The van der Waals surface area contributed by atoms with E-state index in [4.69, 9.17) is 34.8 Å². The van der Waals surface area contributed by atoms with Crippen LogP contribution in [0, 0.1) is 5.92 Å². The monoisotopic (exact) mass is 278 g/mol. The maximum absolute atomic E-state index is 11.4. The number of rotatable bonds is 5. The molecule has 16 heavy (non-hydrogen) atoms. The maximum atomic E-state index is 11.4. The zero-order valence-electron chi connectivity index (χ0n) is 8.97. The largest absolute Gasteiger partial charge is 0.300 e. The van der Waals surface area contributed by atoms with E-state index in [1.54, 1.807) is 19.1 Å². The van der Waals surface area contributed by atoms with Crippen LogP contribution in [0.2, 0.25) is 10.0 Å². The van der Waals surface area contributed by atoms with E-state index in [-0.39, 0.29) is 11.7 Å². The van der Waals surface area contributed by atoms with Gasteiger partial charge in [-0.05, 0) is 37.5 Å². The first-order chi connectivity index (χ1) is 7.54. The highest BCUT2D eigenvalue weighted by Crippen LogP contribution is 2.24. The standard InChI is InChI=1S/C12H13Cl3O/c1-8(16)9(4-5-13)6-10-2-3-11(14)7-12(10)15/h2-3,7,9H,4-6H2,1H3. The smallest absolute Gasteiger partial charge is 0.133 e. The summed E-state index contributed by atoms with van der Waals surface area (Å²) in [6.45, 7) is 1.58. The molecule has 4 heteroatoms. The Morgan fingerprint density at radius 2 is 2.06 bits per heavy atom. The lowest BCUT2D eigenvalue weighted by Gasteiger charge is -2.13. The quantitative estimate of drug-likeness (QED) is 0.732. The molecular formula is C12H13Cl3O. The number of Topliss-reactive ketones (excluding diaryl/α,β-unsaturated/α-hetero) is 1. The molecule has 0 heterocycles. The molecule has 0 aliphatic heterocycles. The maximum Gasteiger partial charge on any atom is 0.133 e. The van der Waals surface area contributed by atoms with E-state index in [1.807, 2.05) is 6.07 Å². The van der Waals surface area contributed by atoms with Crippen LogP contribution in [0.1, 0.15) is 18.9 Å². The normalized spacial score (nSPS) is 12.5. The Morgan fingerprint density at radius 3 is 2.56 bits per heavy atom. The molecule has 1 atom stereocenters. The van der Waals surface area contributed by atoms with Crippen LogP contribution in [0.4, 0.5) is 0 Å². The molecular weight excluding hydrogens is 266 g/mol. The topological polar surface area (TPSA) is 17.1 Å². The van der Waals surface area contributed by atoms with Crippen molar-refractivity contribution >= 4 is 40.6 Å². The fourth-order valence-electron chi connectivity index (χ4n) is 1.53. The highest BCUT2D eigenvalue weighted by Gasteiger charge is 2.15. The molecule has 0 N–H and O–H groups in total. The molecule has 1 unspecified atom stereocenters. The van der Waals surface area contributed by atoms with Gasteiger partial charge in [0.1, 0.15) is 5.78 Å². The second-order valence-electron chi connectivity index (χ2n) is 3.73. The minimum Gasteiger partial charge on any atom is -0.300 e. The van der Waals surface area contributed by atoms with Crippen molar-refractivity contribution in [3.8, 4) is 0 Å². The number of benzene rings is 1. The summed E-state index contributed by atoms with van der Waals surface area (Å²) < 4.78 is 0. The third kappa shape index (κ3) is 3.97. The molecule has 0 fully saturated rings. The summed E-state index contributed by atoms with van der Waals surface area (Å²) in [5.74, 6) is 0.568. The first-order valence-electron chi connectivity index (χ1n) is 5.05. The van der Waals surface area contributed by atoms with Gasteiger partial charge in [-0.2, -0.15) is 0 Å². The summed E-state index contributed by atoms with van der Waals surface area (Å²) in [6.07, 6.45) is 1.30. The minimum atomic E-state index is -0.0591. The Hall–Kier alpha value is -0.240. The van der Waals surface area contributed by atoms with Crippen molar-refractivity contribution < 1.29 is 4.79 Å². The van der Waals surface area contributed by atoms with Crippen molar-refractivity contribution in [2.75, 3.05) is 5.88 Å². The van der Waals surface area contributed by atoms with E-state index < -0.39 is 0 Å². The number of carbonyl (C=O) groups is 1. The Bertz CT molecular complexity index is 377. The average Bonchev–Trinajstić information content (AvgIpc) is 2.20. The van der Waals surface area contributed by atoms with E-state index in [1.165, 1.54) is 0 Å². The van der Waals surface area contributed by atoms with E-state index in [9.17, 15) is 4.79 Å². The van der Waals surface area contributed by atoms with Gasteiger partial charge in [0.2, 0.25) is 0 Å². The molecule has 0 aliphatic carbocycles. The molecule has 0 bridgehead atoms. The van der Waals surface area contributed by atoms with Gasteiger partial charge in [-0.15, -0.1) is 11.6 Å². The van der Waals surface area contributed by atoms with Crippen LogP contribution >= 0.6 is 34.8 Å². The Balaban J connectivity index is 2.81. The van der Waals surface area contributed by atoms with Gasteiger partial charge >= 0.3 is 0 Å². The molecule has 0 spiro atoms. The fraction of sp³-hybridized carbons (Fsp3) is 0.417. The Labute approximate surface area is 111 Å². The van der Waals surface area contributed by atoms with Crippen molar-refractivity contribution in [1.29, 1.82) is 0 Å². The predicted molar refractivity (Wildman–Crippen MR) is 69.7 cm³/mol. The number of ketones is 1. The average molecular weight is 280 g/mol. The van der Waals surface area contributed by atoms with Gasteiger partial charge in [0.05, 0.1) is 0 Å². The Kier molecular flexibility index (Phi) is 5.60. The van der Waals surface area contributed by atoms with Crippen molar-refractivity contribution in [2.24, 2.45) is 5.92 Å². The molecule has 0 radical (unpaired) electrons. The van der Waals surface area contributed by atoms with Crippen LogP contribution < -0.4 is 0 Å². The van der Waals surface area contributed by atoms with Crippen molar-refractivity contribution in [3.63, 3.8) is 0 Å². The molecule has 88 valence electrons. The van der Waals surface area contributed by atoms with Crippen LogP contribution in [-0.2, 0) is 11.2 Å². The second kappa shape index (κ2) is 6.48. The van der Waals surface area contributed by atoms with Crippen LogP contribution in [0.5, 0.6) is 0 Å². The second-order valence-corrected chi connectivity index (χ2v) is 4.95. The van der Waals surface area contributed by atoms with Gasteiger partial charge in [-0.3, -0.25) is 4.79 Å². The molecule has 1 aromatic carbocycles. The van der Waals surface area contributed by atoms with Crippen molar-refractivity contribution in [1.82, 2.24) is 0 Å². The number of alkyl halides is 1. The number of hydrogen-bond acceptors (Lipinski definition) is 1. The SMILES string of the molecule is CC(=O)C(CCCl)Cc1ccc(Cl)cc1Cl. The molecule has 0 aromatic heterocycles. The predicted octanol–water partition coefficient (Wildman–Crippen LogP) is 4.37. The number of carbonyl (C=O) groups excluding carboxylic acids is 1. The zero-order chi connectivity index (χ0) is 12.1. The minimum absolute atomic E-state index is 0.0591. The van der Waals surface area contributed by atoms with Crippen molar-refractivity contribution in [3.05, 3.63) is 33.8 Å². The van der Waals surface area contributed by atoms with Gasteiger partial charge in [0.15, 0.2) is 0 Å². The molecule has 1 aromatic rings. The van der Waals surface area contributed by atoms with Crippen molar-refractivity contribution in [2.45, 2.75) is 19.8 Å². The molecule has 1 rings (SSSR count). The van der Waals surface area contributed by atoms with Gasteiger partial charge < -0.3 is 0 Å². The highest BCUT2D eigenvalue weighted by molar-refractivity contribution is 6.35. The van der Waals surface area contributed by atoms with Gasteiger partial charge in [0.25, 0.3) is 0 Å². The summed E-state index contributed by atoms with van der Waals surface area (Å²) in [4.78, 5) is 11.4. The molecule has 1 nitrogen and oxygen atoms in total. The van der Waals surface area contributed by atoms with E-state index in [0.29, 0.717) is 28.8 Å². The molecule has 0 amide bonds. The van der Waals surface area contributed by atoms with Crippen LogP contribution in [-0.4, -0.2) is 11.7 Å².